The normalized spacial score (nSPS) is 16.9. The number of nitrogens with one attached hydrogen (secondary N) is 12. The fourth-order valence-electron chi connectivity index (χ4n) is 10.3. The number of amides is 16. The number of thioether (sulfide) groups is 2. The molecule has 18 N–H and O–H groups in total. The second-order valence-electron chi connectivity index (χ2n) is 25.4. The van der Waals surface area contributed by atoms with Gasteiger partial charge in [0.2, 0.25) is 94.5 Å². The largest absolute Gasteiger partial charge is 0.379 e. The molecule has 586 valence electrons. The predicted molar refractivity (Wildman–Crippen MR) is 382 cm³/mol. The van der Waals surface area contributed by atoms with E-state index in [0.717, 1.165) is 35.3 Å². The minimum absolute atomic E-state index is 0.0185. The standard InChI is InChI=1S/C66H110N16O20S2/c1-8-52(86)71-25-15-12-18-44(78-56(90)22-28-101-30-31-102-29-26-72-61(95)38(3)4)64(98)81-48(60(69)94)37-104-51-33-57(91)82(66(51)100)27-21-55(89)74-35-46(76-41(7)84)65(99)79-45(16-10-13-23-67)62(96)75-39(5)34-73-54(88)20-19-42-49(85)32-50(58(42)92)103-36-47(59(68)93)80-63(97)43(77-53(87)9-2)17-11-14-24-70-40(6)83/h38-39,42-48,50-51H,8-37,67H2,1-7H3,(H2,68,93)(H2,69,94)(H,70,83)(H,71,86)(H,72,95)(H,73,88)(H,74,89)(H,75,96)(H,76,84)(H,77,87)(H,78,90)(H,79,99)(H,80,97)(H,81,98). The molecule has 2 rings (SSSR count). The molecule has 0 spiro atoms. The van der Waals surface area contributed by atoms with Gasteiger partial charge < -0.3 is 90.5 Å². The second-order valence-corrected chi connectivity index (χ2v) is 27.9. The Hall–Kier alpha value is -8.36. The van der Waals surface area contributed by atoms with Crippen LogP contribution in [0.2, 0.25) is 0 Å². The molecule has 0 aromatic carbocycles. The van der Waals surface area contributed by atoms with Crippen molar-refractivity contribution < 1.29 is 95.8 Å². The molecule has 1 saturated heterocycles. The maximum absolute atomic E-state index is 13.8. The molecule has 2 fully saturated rings. The average Bonchev–Trinajstić information content (AvgIpc) is 1.69. The smallest absolute Gasteiger partial charge is 0.245 e. The van der Waals surface area contributed by atoms with E-state index in [1.807, 2.05) is 0 Å². The van der Waals surface area contributed by atoms with Crippen molar-refractivity contribution in [2.75, 3.05) is 83.7 Å². The molecular formula is C66H110N16O20S2. The van der Waals surface area contributed by atoms with Gasteiger partial charge >= 0.3 is 0 Å². The fourth-order valence-corrected chi connectivity index (χ4v) is 12.7. The zero-order valence-corrected chi connectivity index (χ0v) is 62.4. The Kier molecular flexibility index (Phi) is 44.9. The van der Waals surface area contributed by atoms with Gasteiger partial charge in [-0.3, -0.25) is 91.2 Å². The van der Waals surface area contributed by atoms with Gasteiger partial charge in [-0.1, -0.05) is 27.7 Å². The van der Waals surface area contributed by atoms with Gasteiger partial charge in [-0.05, 0) is 77.7 Å². The lowest BCUT2D eigenvalue weighted by molar-refractivity contribution is -0.139. The van der Waals surface area contributed by atoms with Gasteiger partial charge in [0.1, 0.15) is 42.0 Å². The first-order valence-electron chi connectivity index (χ1n) is 35.3. The van der Waals surface area contributed by atoms with Crippen molar-refractivity contribution in [2.45, 2.75) is 210 Å². The minimum Gasteiger partial charge on any atom is -0.379 e. The summed E-state index contributed by atoms with van der Waals surface area (Å²) in [6.07, 6.45) is 1.85. The van der Waals surface area contributed by atoms with Crippen LogP contribution in [0.25, 0.3) is 0 Å². The summed E-state index contributed by atoms with van der Waals surface area (Å²) in [5.41, 5.74) is 17.0. The monoisotopic (exact) mass is 1510 g/mol. The summed E-state index contributed by atoms with van der Waals surface area (Å²) in [5.74, 6) is -12.3. The lowest BCUT2D eigenvalue weighted by Crippen LogP contribution is -2.57. The summed E-state index contributed by atoms with van der Waals surface area (Å²) in [6, 6.07) is -8.20. The number of imide groups is 1. The number of ether oxygens (including phenoxy) is 2. The Bertz CT molecular complexity index is 2950. The Morgan fingerprint density at radius 3 is 1.55 bits per heavy atom. The summed E-state index contributed by atoms with van der Waals surface area (Å²) < 4.78 is 10.9. The summed E-state index contributed by atoms with van der Waals surface area (Å²) in [4.78, 5) is 232. The van der Waals surface area contributed by atoms with E-state index in [2.05, 4.69) is 63.8 Å². The van der Waals surface area contributed by atoms with Crippen LogP contribution in [0.5, 0.6) is 0 Å². The van der Waals surface area contributed by atoms with Gasteiger partial charge in [0.05, 0.1) is 42.8 Å². The molecule has 10 unspecified atom stereocenters. The highest BCUT2D eigenvalue weighted by Crippen LogP contribution is 2.32. The number of hydrogen-bond acceptors (Lipinski definition) is 23. The van der Waals surface area contributed by atoms with Crippen molar-refractivity contribution in [2.24, 2.45) is 29.0 Å². The van der Waals surface area contributed by atoms with Crippen molar-refractivity contribution in [3.63, 3.8) is 0 Å². The Morgan fingerprint density at radius 1 is 0.481 bits per heavy atom. The molecule has 0 aromatic heterocycles. The van der Waals surface area contributed by atoms with Crippen LogP contribution in [0.3, 0.4) is 0 Å². The molecule has 0 bridgehead atoms. The van der Waals surface area contributed by atoms with Gasteiger partial charge in [-0.15, -0.1) is 23.5 Å². The zero-order chi connectivity index (χ0) is 77.8. The van der Waals surface area contributed by atoms with Crippen LogP contribution in [0, 0.1) is 11.8 Å². The number of hydrogen-bond donors (Lipinski definition) is 15. The molecule has 0 radical (unpaired) electrons. The molecule has 10 atom stereocenters. The van der Waals surface area contributed by atoms with E-state index in [4.69, 9.17) is 26.7 Å². The fraction of sp³-hybridized carbons (Fsp3) is 0.727. The number of nitrogens with two attached hydrogens (primary N) is 3. The number of likely N-dealkylation sites (tertiary alicyclic amines) is 1. The average molecular weight is 1510 g/mol. The number of unbranched alkanes of at least 4 members (excludes halogenated alkanes) is 3. The van der Waals surface area contributed by atoms with Crippen LogP contribution in [0.1, 0.15) is 158 Å². The van der Waals surface area contributed by atoms with Crippen LogP contribution >= 0.6 is 23.5 Å². The van der Waals surface area contributed by atoms with Crippen LogP contribution in [0.15, 0.2) is 0 Å². The molecule has 1 aliphatic heterocycles. The van der Waals surface area contributed by atoms with E-state index in [0.29, 0.717) is 58.2 Å². The van der Waals surface area contributed by atoms with Crippen molar-refractivity contribution in [1.29, 1.82) is 0 Å². The SMILES string of the molecule is CCC(=O)NCCCCC(NC(=O)CCOCCOCCNC(=O)C(C)C)C(=O)NC(CSC1CC(=O)N(CCC(=O)NCC(NC(C)=O)C(=O)NC(CCCCN)C(=O)NC(C)CNC(=O)CCC2C(=O)CC(SCC(NC(=O)C(CCCCNC(C)=O)NC(=O)CC)C(N)=O)C2=O)C1=O)C(N)=O. The van der Waals surface area contributed by atoms with Crippen LogP contribution in [-0.4, -0.2) is 248 Å². The number of carbonyl (C=O) groups excluding carboxylic acids is 18. The van der Waals surface area contributed by atoms with E-state index < -0.39 is 167 Å². The third-order valence-corrected chi connectivity index (χ3v) is 18.9. The van der Waals surface area contributed by atoms with Crippen LogP contribution in [-0.2, 0) is 95.8 Å². The van der Waals surface area contributed by atoms with Gasteiger partial charge in [0, 0.05) is 122 Å². The lowest BCUT2D eigenvalue weighted by Gasteiger charge is -2.25. The van der Waals surface area contributed by atoms with E-state index in [1.165, 1.54) is 6.92 Å². The maximum Gasteiger partial charge on any atom is 0.245 e. The van der Waals surface area contributed by atoms with Gasteiger partial charge in [0.15, 0.2) is 5.78 Å². The first kappa shape index (κ1) is 91.7. The topological polar surface area (TPSA) is 551 Å². The third-order valence-electron chi connectivity index (χ3n) is 16.3. The van der Waals surface area contributed by atoms with Crippen LogP contribution in [0.4, 0.5) is 0 Å². The third kappa shape index (κ3) is 37.4. The zero-order valence-electron chi connectivity index (χ0n) is 60.7. The number of rotatable bonds is 55. The molecule has 1 aliphatic carbocycles. The Morgan fingerprint density at radius 2 is 0.990 bits per heavy atom. The molecule has 104 heavy (non-hydrogen) atoms. The number of carbonyl (C=O) groups is 18. The first-order valence-corrected chi connectivity index (χ1v) is 37.4. The van der Waals surface area contributed by atoms with Gasteiger partial charge in [-0.25, -0.2) is 0 Å². The highest BCUT2D eigenvalue weighted by molar-refractivity contribution is 8.01. The predicted octanol–water partition coefficient (Wildman–Crippen LogP) is -4.35. The van der Waals surface area contributed by atoms with E-state index in [9.17, 15) is 86.3 Å². The highest BCUT2D eigenvalue weighted by Gasteiger charge is 2.43. The molecular weight excluding hydrogens is 1400 g/mol. The molecule has 36 nitrogen and oxygen atoms in total. The van der Waals surface area contributed by atoms with Crippen molar-refractivity contribution >= 4 is 130 Å². The van der Waals surface area contributed by atoms with Crippen molar-refractivity contribution in [3.8, 4) is 0 Å². The van der Waals surface area contributed by atoms with Gasteiger partial charge in [-0.2, -0.15) is 0 Å². The highest BCUT2D eigenvalue weighted by atomic mass is 32.2. The second kappa shape index (κ2) is 50.9. The summed E-state index contributed by atoms with van der Waals surface area (Å²) >= 11 is 1.81. The molecule has 38 heteroatoms. The number of ketones is 2. The Balaban J connectivity index is 1.96. The van der Waals surface area contributed by atoms with E-state index in [-0.39, 0.29) is 139 Å². The quantitative estimate of drug-likeness (QED) is 0.0155. The molecule has 0 aromatic rings. The molecule has 1 heterocycles. The van der Waals surface area contributed by atoms with E-state index >= 15 is 0 Å². The Labute approximate surface area is 614 Å². The van der Waals surface area contributed by atoms with Crippen molar-refractivity contribution in [1.82, 2.24) is 68.7 Å². The minimum atomic E-state index is -1.43. The number of Topliss-reactive ketones (excluding diaryl/α,β-unsaturated/α-hetero) is 2. The molecule has 2 aliphatic rings. The molecule has 16 amide bonds. The maximum atomic E-state index is 13.8. The number of nitrogens with zero attached hydrogens (tertiary/aromatic N) is 1. The summed E-state index contributed by atoms with van der Waals surface area (Å²) in [7, 11) is 0. The molecule has 1 saturated carbocycles. The summed E-state index contributed by atoms with van der Waals surface area (Å²) in [6.45, 7) is 11.7. The van der Waals surface area contributed by atoms with E-state index in [1.54, 1.807) is 34.6 Å². The number of primary amides is 2. The van der Waals surface area contributed by atoms with Crippen LogP contribution < -0.4 is 81.0 Å². The van der Waals surface area contributed by atoms with Gasteiger partial charge in [0.25, 0.3) is 0 Å². The first-order chi connectivity index (χ1) is 49.3. The summed E-state index contributed by atoms with van der Waals surface area (Å²) in [5, 5.41) is 29.4. The lowest BCUT2D eigenvalue weighted by atomic mass is 9.99. The van der Waals surface area contributed by atoms with Crippen molar-refractivity contribution in [3.05, 3.63) is 0 Å².